The summed E-state index contributed by atoms with van der Waals surface area (Å²) in [6.45, 7) is 3.86. The van der Waals surface area contributed by atoms with Gasteiger partial charge in [-0.1, -0.05) is 18.2 Å². The van der Waals surface area contributed by atoms with Gasteiger partial charge in [0.15, 0.2) is 0 Å². The van der Waals surface area contributed by atoms with Crippen LogP contribution < -0.4 is 5.73 Å². The van der Waals surface area contributed by atoms with Crippen LogP contribution in [0, 0.1) is 0 Å². The van der Waals surface area contributed by atoms with Crippen molar-refractivity contribution in [1.82, 2.24) is 10.2 Å². The van der Waals surface area contributed by atoms with Crippen LogP contribution >= 0.6 is 0 Å². The van der Waals surface area contributed by atoms with Gasteiger partial charge in [-0.05, 0) is 26.0 Å². The van der Waals surface area contributed by atoms with Crippen molar-refractivity contribution < 1.29 is 4.42 Å². The van der Waals surface area contributed by atoms with Gasteiger partial charge in [0, 0.05) is 17.5 Å². The van der Waals surface area contributed by atoms with E-state index in [1.54, 1.807) is 0 Å². The van der Waals surface area contributed by atoms with Crippen LogP contribution in [-0.2, 0) is 6.42 Å². The van der Waals surface area contributed by atoms with Crippen LogP contribution in [-0.4, -0.2) is 15.7 Å². The van der Waals surface area contributed by atoms with Crippen LogP contribution in [0.15, 0.2) is 34.7 Å². The molecule has 0 aliphatic heterocycles. The molecule has 2 aromatic rings. The number of benzene rings is 1. The summed E-state index contributed by atoms with van der Waals surface area (Å²) in [4.78, 5) is 0. The van der Waals surface area contributed by atoms with Crippen molar-refractivity contribution in [2.75, 3.05) is 0 Å². The zero-order chi connectivity index (χ0) is 11.6. The van der Waals surface area contributed by atoms with E-state index in [2.05, 4.69) is 10.2 Å². The number of aromatic nitrogens is 2. The fourth-order valence-corrected chi connectivity index (χ4v) is 1.41. The summed E-state index contributed by atoms with van der Waals surface area (Å²) in [6, 6.07) is 9.69. The van der Waals surface area contributed by atoms with Gasteiger partial charge in [-0.2, -0.15) is 0 Å². The highest BCUT2D eigenvalue weighted by molar-refractivity contribution is 5.51. The summed E-state index contributed by atoms with van der Waals surface area (Å²) < 4.78 is 5.54. The molecule has 0 aliphatic carbocycles. The maximum atomic E-state index is 5.89. The minimum Gasteiger partial charge on any atom is -0.421 e. The Morgan fingerprint density at radius 1 is 1.19 bits per heavy atom. The molecule has 1 heterocycles. The van der Waals surface area contributed by atoms with E-state index in [1.807, 2.05) is 44.2 Å². The van der Waals surface area contributed by atoms with Gasteiger partial charge in [-0.3, -0.25) is 0 Å². The van der Waals surface area contributed by atoms with Crippen LogP contribution in [0.25, 0.3) is 11.5 Å². The molecule has 4 nitrogen and oxygen atoms in total. The lowest BCUT2D eigenvalue weighted by Crippen LogP contribution is -2.34. The monoisotopic (exact) mass is 217 g/mol. The number of nitrogens with two attached hydrogens (primary N) is 1. The molecule has 1 aromatic heterocycles. The Balaban J connectivity index is 2.21. The zero-order valence-electron chi connectivity index (χ0n) is 9.47. The van der Waals surface area contributed by atoms with Gasteiger partial charge >= 0.3 is 0 Å². The Hall–Kier alpha value is -1.68. The number of rotatable bonds is 3. The number of nitrogens with zero attached hydrogens (tertiary/aromatic N) is 2. The van der Waals surface area contributed by atoms with Crippen LogP contribution in [0.3, 0.4) is 0 Å². The van der Waals surface area contributed by atoms with Gasteiger partial charge in [-0.15, -0.1) is 10.2 Å². The van der Waals surface area contributed by atoms with Gasteiger partial charge in [-0.25, -0.2) is 0 Å². The quantitative estimate of drug-likeness (QED) is 0.854. The standard InChI is InChI=1S/C12H15N3O/c1-12(2,13)8-10-14-15-11(16-10)9-6-4-3-5-7-9/h3-7H,8,13H2,1-2H3. The Morgan fingerprint density at radius 3 is 2.50 bits per heavy atom. The molecule has 4 heteroatoms. The summed E-state index contributed by atoms with van der Waals surface area (Å²) in [7, 11) is 0. The van der Waals surface area contributed by atoms with E-state index in [4.69, 9.17) is 10.2 Å². The topological polar surface area (TPSA) is 64.9 Å². The van der Waals surface area contributed by atoms with Gasteiger partial charge < -0.3 is 10.2 Å². The van der Waals surface area contributed by atoms with Crippen LogP contribution in [0.5, 0.6) is 0 Å². The third-order valence-electron chi connectivity index (χ3n) is 2.09. The van der Waals surface area contributed by atoms with E-state index < -0.39 is 0 Å². The minimum absolute atomic E-state index is 0.333. The Bertz CT molecular complexity index is 457. The van der Waals surface area contributed by atoms with Gasteiger partial charge in [0.05, 0.1) is 0 Å². The lowest BCUT2D eigenvalue weighted by Gasteiger charge is -2.14. The molecule has 1 aromatic carbocycles. The smallest absolute Gasteiger partial charge is 0.247 e. The minimum atomic E-state index is -0.333. The molecule has 0 radical (unpaired) electrons. The maximum absolute atomic E-state index is 5.89. The summed E-state index contributed by atoms with van der Waals surface area (Å²) in [6.07, 6.45) is 0.576. The van der Waals surface area contributed by atoms with Crippen molar-refractivity contribution in [1.29, 1.82) is 0 Å². The molecule has 0 aliphatic rings. The first-order valence-electron chi connectivity index (χ1n) is 5.21. The molecule has 0 amide bonds. The highest BCUT2D eigenvalue weighted by Crippen LogP contribution is 2.18. The molecule has 84 valence electrons. The molecule has 2 N–H and O–H groups in total. The van der Waals surface area contributed by atoms with E-state index >= 15 is 0 Å². The van der Waals surface area contributed by atoms with E-state index in [9.17, 15) is 0 Å². The predicted octanol–water partition coefficient (Wildman–Crippen LogP) is 2.02. The second-order valence-electron chi connectivity index (χ2n) is 4.53. The highest BCUT2D eigenvalue weighted by atomic mass is 16.4. The van der Waals surface area contributed by atoms with Crippen molar-refractivity contribution in [3.63, 3.8) is 0 Å². The highest BCUT2D eigenvalue weighted by Gasteiger charge is 2.17. The Labute approximate surface area is 94.5 Å². The van der Waals surface area contributed by atoms with E-state index in [-0.39, 0.29) is 5.54 Å². The molecule has 0 spiro atoms. The molecular weight excluding hydrogens is 202 g/mol. The third kappa shape index (κ3) is 2.67. The number of hydrogen-bond acceptors (Lipinski definition) is 4. The Kier molecular flexibility index (Phi) is 2.75. The van der Waals surface area contributed by atoms with Crippen molar-refractivity contribution in [2.24, 2.45) is 5.73 Å². The molecule has 0 fully saturated rings. The summed E-state index contributed by atoms with van der Waals surface area (Å²) in [5.41, 5.74) is 6.48. The number of hydrogen-bond donors (Lipinski definition) is 1. The molecule has 2 rings (SSSR count). The second-order valence-corrected chi connectivity index (χ2v) is 4.53. The molecular formula is C12H15N3O. The lowest BCUT2D eigenvalue weighted by atomic mass is 10.0. The normalized spacial score (nSPS) is 11.7. The van der Waals surface area contributed by atoms with E-state index in [0.29, 0.717) is 18.2 Å². The molecule has 0 saturated carbocycles. The average molecular weight is 217 g/mol. The van der Waals surface area contributed by atoms with Crippen molar-refractivity contribution >= 4 is 0 Å². The first-order chi connectivity index (χ1) is 7.54. The van der Waals surface area contributed by atoms with Crippen molar-refractivity contribution in [2.45, 2.75) is 25.8 Å². The lowest BCUT2D eigenvalue weighted by molar-refractivity contribution is 0.424. The third-order valence-corrected chi connectivity index (χ3v) is 2.09. The van der Waals surface area contributed by atoms with Crippen molar-refractivity contribution in [3.8, 4) is 11.5 Å². The van der Waals surface area contributed by atoms with Gasteiger partial charge in [0.25, 0.3) is 0 Å². The Morgan fingerprint density at radius 2 is 1.88 bits per heavy atom. The fourth-order valence-electron chi connectivity index (χ4n) is 1.41. The summed E-state index contributed by atoms with van der Waals surface area (Å²) in [5, 5.41) is 7.98. The predicted molar refractivity (Wildman–Crippen MR) is 61.7 cm³/mol. The summed E-state index contributed by atoms with van der Waals surface area (Å²) in [5.74, 6) is 1.12. The van der Waals surface area contributed by atoms with Gasteiger partial charge in [0.2, 0.25) is 11.8 Å². The van der Waals surface area contributed by atoms with Crippen molar-refractivity contribution in [3.05, 3.63) is 36.2 Å². The molecule has 0 bridgehead atoms. The first kappa shape index (κ1) is 10.8. The molecule has 0 atom stereocenters. The molecule has 16 heavy (non-hydrogen) atoms. The fraction of sp³-hybridized carbons (Fsp3) is 0.333. The SMILES string of the molecule is CC(C)(N)Cc1nnc(-c2ccccc2)o1. The molecule has 0 unspecified atom stereocenters. The van der Waals surface area contributed by atoms with Crippen LogP contribution in [0.1, 0.15) is 19.7 Å². The van der Waals surface area contributed by atoms with E-state index in [0.717, 1.165) is 5.56 Å². The van der Waals surface area contributed by atoms with Gasteiger partial charge in [0.1, 0.15) is 0 Å². The first-order valence-corrected chi connectivity index (χ1v) is 5.21. The van der Waals surface area contributed by atoms with Crippen LogP contribution in [0.2, 0.25) is 0 Å². The van der Waals surface area contributed by atoms with Crippen LogP contribution in [0.4, 0.5) is 0 Å². The second kappa shape index (κ2) is 4.06. The zero-order valence-corrected chi connectivity index (χ0v) is 9.47. The summed E-state index contributed by atoms with van der Waals surface area (Å²) >= 11 is 0. The van der Waals surface area contributed by atoms with E-state index in [1.165, 1.54) is 0 Å². The largest absolute Gasteiger partial charge is 0.421 e. The molecule has 0 saturated heterocycles. The average Bonchev–Trinajstić information content (AvgIpc) is 2.65. The maximum Gasteiger partial charge on any atom is 0.247 e.